The number of amides is 1. The van der Waals surface area contributed by atoms with Gasteiger partial charge in [0, 0.05) is 6.54 Å². The summed E-state index contributed by atoms with van der Waals surface area (Å²) in [5.41, 5.74) is 0.595. The van der Waals surface area contributed by atoms with E-state index in [2.05, 4.69) is 4.98 Å². The summed E-state index contributed by atoms with van der Waals surface area (Å²) in [6.07, 6.45) is 1.85. The highest BCUT2D eigenvalue weighted by atomic mass is 16.2. The van der Waals surface area contributed by atoms with Crippen LogP contribution in [0.1, 0.15) is 24.4 Å². The van der Waals surface area contributed by atoms with Crippen LogP contribution in [0.3, 0.4) is 0 Å². The van der Waals surface area contributed by atoms with Crippen LogP contribution >= 0.6 is 0 Å². The van der Waals surface area contributed by atoms with Gasteiger partial charge < -0.3 is 4.90 Å². The predicted molar refractivity (Wildman–Crippen MR) is 99.0 cm³/mol. The van der Waals surface area contributed by atoms with E-state index < -0.39 is 11.2 Å². The Morgan fingerprint density at radius 1 is 1.04 bits per heavy atom. The van der Waals surface area contributed by atoms with Gasteiger partial charge in [-0.05, 0) is 30.5 Å². The number of nitrogens with one attached hydrogen (secondary N) is 1. The molecule has 1 aliphatic heterocycles. The number of nitrogens with zero attached hydrogens (tertiary/aromatic N) is 2. The van der Waals surface area contributed by atoms with Crippen molar-refractivity contribution in [2.75, 3.05) is 6.54 Å². The van der Waals surface area contributed by atoms with Crippen LogP contribution in [-0.4, -0.2) is 26.9 Å². The highest BCUT2D eigenvalue weighted by Gasteiger charge is 2.30. The molecular formula is C20H19N3O3. The summed E-state index contributed by atoms with van der Waals surface area (Å²) >= 11 is 0. The molecule has 1 unspecified atom stereocenters. The topological polar surface area (TPSA) is 75.2 Å². The zero-order valence-corrected chi connectivity index (χ0v) is 14.2. The molecule has 3 aromatic rings. The largest absolute Gasteiger partial charge is 0.334 e. The van der Waals surface area contributed by atoms with Crippen molar-refractivity contribution in [1.82, 2.24) is 14.5 Å². The zero-order valence-electron chi connectivity index (χ0n) is 14.2. The third kappa shape index (κ3) is 2.83. The maximum absolute atomic E-state index is 13.0. The molecule has 6 nitrogen and oxygen atoms in total. The van der Waals surface area contributed by atoms with E-state index in [1.54, 1.807) is 24.3 Å². The lowest BCUT2D eigenvalue weighted by atomic mass is 10.0. The van der Waals surface area contributed by atoms with Crippen LogP contribution in [0.15, 0.2) is 64.2 Å². The van der Waals surface area contributed by atoms with Crippen molar-refractivity contribution in [3.63, 3.8) is 0 Å². The van der Waals surface area contributed by atoms with E-state index in [0.29, 0.717) is 17.4 Å². The molecule has 1 aliphatic rings. The van der Waals surface area contributed by atoms with Gasteiger partial charge in [-0.15, -0.1) is 0 Å². The molecule has 26 heavy (non-hydrogen) atoms. The number of rotatable bonds is 3. The lowest BCUT2D eigenvalue weighted by Crippen LogP contribution is -2.38. The van der Waals surface area contributed by atoms with Gasteiger partial charge in [0.2, 0.25) is 5.91 Å². The Morgan fingerprint density at radius 3 is 2.58 bits per heavy atom. The Kier molecular flexibility index (Phi) is 4.16. The first-order valence-electron chi connectivity index (χ1n) is 8.71. The van der Waals surface area contributed by atoms with Crippen LogP contribution in [0.25, 0.3) is 10.9 Å². The summed E-state index contributed by atoms with van der Waals surface area (Å²) in [6.45, 7) is 0.591. The number of benzene rings is 2. The van der Waals surface area contributed by atoms with Gasteiger partial charge in [-0.2, -0.15) is 0 Å². The van der Waals surface area contributed by atoms with Crippen molar-refractivity contribution in [2.24, 2.45) is 0 Å². The molecule has 2 aromatic carbocycles. The number of likely N-dealkylation sites (tertiary alicyclic amines) is 1. The molecule has 0 bridgehead atoms. The molecule has 0 aliphatic carbocycles. The lowest BCUT2D eigenvalue weighted by molar-refractivity contribution is -0.132. The molecule has 1 fully saturated rings. The summed E-state index contributed by atoms with van der Waals surface area (Å²) in [6, 6.07) is 16.8. The molecule has 0 spiro atoms. The fourth-order valence-electron chi connectivity index (χ4n) is 3.71. The molecule has 2 heterocycles. The van der Waals surface area contributed by atoms with E-state index >= 15 is 0 Å². The monoisotopic (exact) mass is 349 g/mol. The minimum atomic E-state index is -0.558. The minimum Gasteiger partial charge on any atom is -0.334 e. The predicted octanol–water partition coefficient (Wildman–Crippen LogP) is 2.05. The molecule has 1 amide bonds. The van der Waals surface area contributed by atoms with Crippen molar-refractivity contribution in [2.45, 2.75) is 25.4 Å². The van der Waals surface area contributed by atoms with Gasteiger partial charge in [-0.1, -0.05) is 42.5 Å². The van der Waals surface area contributed by atoms with Crippen LogP contribution in [0.2, 0.25) is 0 Å². The molecule has 1 N–H and O–H groups in total. The number of carbonyl (C=O) groups excluding carboxylic acids is 1. The number of carbonyl (C=O) groups is 1. The first kappa shape index (κ1) is 16.3. The molecule has 1 saturated heterocycles. The number of hydrogen-bond acceptors (Lipinski definition) is 3. The van der Waals surface area contributed by atoms with E-state index in [4.69, 9.17) is 0 Å². The Labute approximate surface area is 149 Å². The average Bonchev–Trinajstić information content (AvgIpc) is 3.16. The van der Waals surface area contributed by atoms with Gasteiger partial charge in [0.25, 0.3) is 5.56 Å². The number of H-pyrrole nitrogens is 1. The fraction of sp³-hybridized carbons (Fsp3) is 0.250. The number of fused-ring (bicyclic) bond motifs is 1. The molecular weight excluding hydrogens is 330 g/mol. The quantitative estimate of drug-likeness (QED) is 0.786. The number of aromatic amines is 1. The van der Waals surface area contributed by atoms with Crippen molar-refractivity contribution in [3.8, 4) is 0 Å². The van der Waals surface area contributed by atoms with Gasteiger partial charge in [-0.25, -0.2) is 4.79 Å². The van der Waals surface area contributed by atoms with Crippen molar-refractivity contribution >= 4 is 16.8 Å². The first-order valence-corrected chi connectivity index (χ1v) is 8.71. The summed E-state index contributed by atoms with van der Waals surface area (Å²) in [7, 11) is 0. The molecule has 0 saturated carbocycles. The van der Waals surface area contributed by atoms with Crippen LogP contribution in [0.4, 0.5) is 0 Å². The highest BCUT2D eigenvalue weighted by Crippen LogP contribution is 2.31. The standard InChI is InChI=1S/C20H19N3O3/c24-18(22-12-6-11-16(22)14-7-2-1-3-8-14)13-23-17-10-5-4-9-15(17)19(25)21-20(23)26/h1-5,7-10,16H,6,11-13H2,(H,21,25,26). The van der Waals surface area contributed by atoms with Gasteiger partial charge in [0.1, 0.15) is 6.54 Å². The Hall–Kier alpha value is -3.15. The van der Waals surface area contributed by atoms with Crippen LogP contribution < -0.4 is 11.2 Å². The third-order valence-electron chi connectivity index (χ3n) is 4.96. The summed E-state index contributed by atoms with van der Waals surface area (Å²) in [5.74, 6) is -0.115. The van der Waals surface area contributed by atoms with Crippen LogP contribution in [-0.2, 0) is 11.3 Å². The zero-order chi connectivity index (χ0) is 18.1. The SMILES string of the molecule is O=C(Cn1c(=O)[nH]c(=O)c2ccccc21)N1CCCC1c1ccccc1. The Morgan fingerprint density at radius 2 is 1.77 bits per heavy atom. The van der Waals surface area contributed by atoms with Gasteiger partial charge in [0.05, 0.1) is 16.9 Å². The average molecular weight is 349 g/mol. The van der Waals surface area contributed by atoms with E-state index in [-0.39, 0.29) is 18.5 Å². The first-order chi connectivity index (χ1) is 12.6. The van der Waals surface area contributed by atoms with E-state index in [1.807, 2.05) is 35.2 Å². The van der Waals surface area contributed by atoms with E-state index in [0.717, 1.165) is 18.4 Å². The highest BCUT2D eigenvalue weighted by molar-refractivity contribution is 5.82. The molecule has 0 radical (unpaired) electrons. The second kappa shape index (κ2) is 6.63. The molecule has 1 aromatic heterocycles. The number of para-hydroxylation sites is 1. The Bertz CT molecular complexity index is 1070. The maximum Gasteiger partial charge on any atom is 0.329 e. The summed E-state index contributed by atoms with van der Waals surface area (Å²) < 4.78 is 1.35. The van der Waals surface area contributed by atoms with Gasteiger partial charge in [-0.3, -0.25) is 19.1 Å². The molecule has 6 heteroatoms. The molecule has 132 valence electrons. The Balaban J connectivity index is 1.68. The second-order valence-corrected chi connectivity index (χ2v) is 6.52. The molecule has 1 atom stereocenters. The van der Waals surface area contributed by atoms with Gasteiger partial charge in [0.15, 0.2) is 0 Å². The van der Waals surface area contributed by atoms with Crippen LogP contribution in [0.5, 0.6) is 0 Å². The number of aromatic nitrogens is 2. The van der Waals surface area contributed by atoms with Crippen LogP contribution in [0, 0.1) is 0 Å². The summed E-state index contributed by atoms with van der Waals surface area (Å²) in [5, 5.41) is 0.404. The fourth-order valence-corrected chi connectivity index (χ4v) is 3.71. The minimum absolute atomic E-state index is 0.0356. The number of hydrogen-bond donors (Lipinski definition) is 1. The third-order valence-corrected chi connectivity index (χ3v) is 4.96. The molecule has 4 rings (SSSR count). The van der Waals surface area contributed by atoms with E-state index in [1.165, 1.54) is 4.57 Å². The van der Waals surface area contributed by atoms with Gasteiger partial charge >= 0.3 is 5.69 Å². The summed E-state index contributed by atoms with van der Waals surface area (Å²) in [4.78, 5) is 41.3. The van der Waals surface area contributed by atoms with Crippen molar-refractivity contribution in [1.29, 1.82) is 0 Å². The van der Waals surface area contributed by atoms with Crippen molar-refractivity contribution < 1.29 is 4.79 Å². The smallest absolute Gasteiger partial charge is 0.329 e. The lowest BCUT2D eigenvalue weighted by Gasteiger charge is -2.25. The van der Waals surface area contributed by atoms with Crippen molar-refractivity contribution in [3.05, 3.63) is 81.0 Å². The second-order valence-electron chi connectivity index (χ2n) is 6.52. The normalized spacial score (nSPS) is 16.9. The van der Waals surface area contributed by atoms with E-state index in [9.17, 15) is 14.4 Å². The maximum atomic E-state index is 13.0.